The number of nitrogens with zero attached hydrogens (tertiary/aromatic N) is 4. The lowest BCUT2D eigenvalue weighted by atomic mass is 10.1. The van der Waals surface area contributed by atoms with E-state index in [1.54, 1.807) is 72.8 Å². The van der Waals surface area contributed by atoms with E-state index in [4.69, 9.17) is 14.2 Å². The fraction of sp³-hybridized carbons (Fsp3) is 0.408. The molecule has 96 heavy (non-hydrogen) atoms. The zero-order valence-electron chi connectivity index (χ0n) is 58.0. The van der Waals surface area contributed by atoms with Crippen LogP contribution in [0.1, 0.15) is 98.4 Å². The van der Waals surface area contributed by atoms with Crippen molar-refractivity contribution in [3.05, 3.63) is 154 Å². The number of rotatable bonds is 30. The maximum Gasteiger partial charge on any atom is 0.308 e. The van der Waals surface area contributed by atoms with Crippen molar-refractivity contribution in [1.82, 2.24) is 62.1 Å². The number of amides is 8. The predicted octanol–water partition coefficient (Wildman–Crippen LogP) is 4.94. The third-order valence-corrected chi connectivity index (χ3v) is 13.4. The van der Waals surface area contributed by atoms with Crippen molar-refractivity contribution in [2.45, 2.75) is 82.2 Å². The van der Waals surface area contributed by atoms with Gasteiger partial charge in [-0.25, -0.2) is 0 Å². The third-order valence-electron chi connectivity index (χ3n) is 13.4. The van der Waals surface area contributed by atoms with Crippen LogP contribution in [-0.2, 0) is 52.7 Å². The fourth-order valence-electron chi connectivity index (χ4n) is 8.82. The van der Waals surface area contributed by atoms with Crippen molar-refractivity contribution < 1.29 is 62.2 Å². The number of ether oxygens (including phenoxy) is 3. The molecule has 0 radical (unpaired) electrons. The van der Waals surface area contributed by atoms with Crippen molar-refractivity contribution >= 4 is 83.5 Å². The van der Waals surface area contributed by atoms with E-state index in [2.05, 4.69) is 84.9 Å². The molecule has 1 saturated heterocycles. The van der Waals surface area contributed by atoms with Crippen molar-refractivity contribution in [3.63, 3.8) is 0 Å². The molecule has 0 aliphatic carbocycles. The number of hydrogen-bond acceptors (Lipinski definition) is 17. The average molecular weight is 1330 g/mol. The number of likely N-dealkylation sites (N-methyl/N-ethyl adjacent to an activating group) is 3. The molecule has 8 N–H and O–H groups in total. The highest BCUT2D eigenvalue weighted by Gasteiger charge is 2.18. The normalized spacial score (nSPS) is 12.7. The molecule has 4 aromatic carbocycles. The molecule has 0 aromatic heterocycles. The van der Waals surface area contributed by atoms with Crippen molar-refractivity contribution in [3.8, 4) is 11.5 Å². The Hall–Kier alpha value is -9.66. The molecule has 522 valence electrons. The van der Waals surface area contributed by atoms with E-state index < -0.39 is 11.9 Å². The molecular weight excluding hydrogens is 1230 g/mol. The number of carbonyl (C=O) groups is 10. The zero-order valence-corrected chi connectivity index (χ0v) is 58.0. The van der Waals surface area contributed by atoms with Crippen molar-refractivity contribution in [1.29, 1.82) is 0 Å². The Morgan fingerprint density at radius 1 is 0.458 bits per heavy atom. The summed E-state index contributed by atoms with van der Waals surface area (Å²) in [5.74, 6) is -2.44. The average Bonchev–Trinajstić information content (AvgIpc) is 1.11. The Balaban J connectivity index is 0.000000438. The minimum absolute atomic E-state index is 0.0135. The molecule has 25 nitrogen and oxygen atoms in total. The Labute approximate surface area is 565 Å². The summed E-state index contributed by atoms with van der Waals surface area (Å²) in [6.45, 7) is 29.6. The first kappa shape index (κ1) is 82.4. The highest BCUT2D eigenvalue weighted by atomic mass is 16.5. The highest BCUT2D eigenvalue weighted by Crippen LogP contribution is 2.17. The molecule has 0 spiro atoms. The number of morpholine rings is 1. The van der Waals surface area contributed by atoms with E-state index >= 15 is 0 Å². The van der Waals surface area contributed by atoms with Gasteiger partial charge in [0, 0.05) is 106 Å². The second kappa shape index (κ2) is 47.3. The van der Waals surface area contributed by atoms with E-state index in [9.17, 15) is 47.9 Å². The van der Waals surface area contributed by atoms with Crippen LogP contribution >= 0.6 is 0 Å². The van der Waals surface area contributed by atoms with Crippen LogP contribution in [0.3, 0.4) is 0 Å². The summed E-state index contributed by atoms with van der Waals surface area (Å²) in [5, 5.41) is 21.6. The standard InChI is InChI=1S/C19H25N3O5.C19H27N3O4.C17H25N3O2.C16H23N3O2/c1-14(23)21-18(13-16-3-5-17(6-4-16)27-15(2)24)19(25)20-7-8-22-9-11-26-12-10-22;1-5-22(6-2)12-11-20-19(25)18(21-14(3)23)13-16-7-9-17(10-8-16)26-15(4)24;1-4-20(5-2)12-11-18-17(22)16(19-14(3)21)13-15-9-7-6-8-10-15;1-12(11-19(3)4)17-16(21)15(18-13(2)20)10-14-8-6-5-7-9-14/h3-6,13H,7-12H2,1-2H3,(H,20,25)(H,21,23);7-10,13H,5-6,11-12H2,1-4H3,(H,20,25)(H,21,23);6-10,13H,4-5,11-12H2,1-3H3,(H,18,22)(H,19,21);5-10,12H,11H2,1-4H3,(H,17,21)(H,18,20)/b2*18-13-;16-13-;15-10-. The first-order chi connectivity index (χ1) is 45.7. The van der Waals surface area contributed by atoms with Gasteiger partial charge in [0.05, 0.1) is 13.2 Å². The molecule has 0 bridgehead atoms. The van der Waals surface area contributed by atoms with E-state index in [1.165, 1.54) is 41.5 Å². The largest absolute Gasteiger partial charge is 0.427 e. The van der Waals surface area contributed by atoms with Gasteiger partial charge in [-0.15, -0.1) is 0 Å². The van der Waals surface area contributed by atoms with Crippen LogP contribution in [0.4, 0.5) is 0 Å². The Morgan fingerprint density at radius 2 is 0.771 bits per heavy atom. The smallest absolute Gasteiger partial charge is 0.308 e. The summed E-state index contributed by atoms with van der Waals surface area (Å²) in [6, 6.07) is 32.1. The molecule has 4 aromatic rings. The molecular formula is C71H100N12O13. The minimum atomic E-state index is -0.406. The van der Waals surface area contributed by atoms with Gasteiger partial charge in [-0.3, -0.25) is 52.8 Å². The fourth-order valence-corrected chi connectivity index (χ4v) is 8.82. The summed E-state index contributed by atoms with van der Waals surface area (Å²) in [6.07, 6.45) is 6.49. The van der Waals surface area contributed by atoms with Crippen LogP contribution < -0.4 is 52.0 Å². The van der Waals surface area contributed by atoms with Crippen molar-refractivity contribution in [2.24, 2.45) is 0 Å². The second-order valence-corrected chi connectivity index (χ2v) is 22.0. The number of esters is 2. The minimum Gasteiger partial charge on any atom is -0.427 e. The van der Waals surface area contributed by atoms with Gasteiger partial charge in [0.25, 0.3) is 23.6 Å². The molecule has 5 rings (SSSR count). The van der Waals surface area contributed by atoms with Gasteiger partial charge in [0.15, 0.2) is 0 Å². The van der Waals surface area contributed by atoms with Gasteiger partial charge >= 0.3 is 11.9 Å². The summed E-state index contributed by atoms with van der Waals surface area (Å²) in [7, 11) is 3.88. The molecule has 1 aliphatic rings. The van der Waals surface area contributed by atoms with Crippen molar-refractivity contribution in [2.75, 3.05) is 112 Å². The topological polar surface area (TPSA) is 308 Å². The van der Waals surface area contributed by atoms with Crippen LogP contribution in [0.5, 0.6) is 11.5 Å². The molecule has 1 heterocycles. The monoisotopic (exact) mass is 1330 g/mol. The van der Waals surface area contributed by atoms with Gasteiger partial charge in [-0.05, 0) is 118 Å². The van der Waals surface area contributed by atoms with Gasteiger partial charge in [-0.2, -0.15) is 0 Å². The molecule has 8 amide bonds. The molecule has 25 heteroatoms. The number of hydrogen-bond donors (Lipinski definition) is 8. The van der Waals surface area contributed by atoms with Crippen LogP contribution in [-0.4, -0.2) is 197 Å². The number of nitrogens with one attached hydrogen (secondary N) is 8. The molecule has 1 aliphatic heterocycles. The quantitative estimate of drug-likeness (QED) is 0.0195. The number of carbonyl (C=O) groups excluding carboxylic acids is 10. The van der Waals surface area contributed by atoms with Gasteiger partial charge in [-0.1, -0.05) is 113 Å². The Bertz CT molecular complexity index is 3210. The Kier molecular flexibility index (Phi) is 40.6. The van der Waals surface area contributed by atoms with E-state index in [1.807, 2.05) is 86.6 Å². The first-order valence-corrected chi connectivity index (χ1v) is 31.9. The maximum atomic E-state index is 12.4. The van der Waals surface area contributed by atoms with E-state index in [0.717, 1.165) is 76.6 Å². The number of benzene rings is 4. The van der Waals surface area contributed by atoms with Crippen LogP contribution in [0.25, 0.3) is 24.3 Å². The SMILES string of the molecule is CC(=O)N/C(=C\c1ccc(OC(C)=O)cc1)C(=O)NCCN1CCOCC1.CC(=O)N/C(=C\c1ccccc1)C(=O)NC(C)CN(C)C.CCN(CC)CCNC(=O)/C(=C/c1ccc(OC(C)=O)cc1)NC(C)=O.CCN(CC)CCNC(=O)/C(=C/c1ccccc1)NC(C)=O. The summed E-state index contributed by atoms with van der Waals surface area (Å²) >= 11 is 0. The zero-order chi connectivity index (χ0) is 71.4. The lowest BCUT2D eigenvalue weighted by Gasteiger charge is -2.26. The summed E-state index contributed by atoms with van der Waals surface area (Å²) < 4.78 is 15.2. The molecule has 0 saturated carbocycles. The molecule has 1 atom stereocenters. The van der Waals surface area contributed by atoms with E-state index in [0.29, 0.717) is 55.5 Å². The van der Waals surface area contributed by atoms with E-state index in [-0.39, 0.29) is 76.1 Å². The van der Waals surface area contributed by atoms with Gasteiger partial charge < -0.3 is 71.4 Å². The lowest BCUT2D eigenvalue weighted by molar-refractivity contribution is -0.132. The van der Waals surface area contributed by atoms with Crippen LogP contribution in [0.2, 0.25) is 0 Å². The lowest BCUT2D eigenvalue weighted by Crippen LogP contribution is -2.42. The highest BCUT2D eigenvalue weighted by molar-refractivity contribution is 6.03. The molecule has 1 fully saturated rings. The third kappa shape index (κ3) is 37.9. The van der Waals surface area contributed by atoms with Crippen LogP contribution in [0.15, 0.2) is 132 Å². The van der Waals surface area contributed by atoms with Crippen LogP contribution in [0, 0.1) is 0 Å². The van der Waals surface area contributed by atoms with Gasteiger partial charge in [0.2, 0.25) is 23.6 Å². The second-order valence-electron chi connectivity index (χ2n) is 22.0. The summed E-state index contributed by atoms with van der Waals surface area (Å²) in [5.41, 5.74) is 3.95. The van der Waals surface area contributed by atoms with Gasteiger partial charge in [0.1, 0.15) is 34.3 Å². The molecule has 1 unspecified atom stereocenters. The predicted molar refractivity (Wildman–Crippen MR) is 374 cm³/mol. The first-order valence-electron chi connectivity index (χ1n) is 31.9. The maximum absolute atomic E-state index is 12.4. The Morgan fingerprint density at radius 3 is 1.07 bits per heavy atom. The summed E-state index contributed by atoms with van der Waals surface area (Å²) in [4.78, 5) is 125.